The summed E-state index contributed by atoms with van der Waals surface area (Å²) in [6.45, 7) is 1.91. The Hall–Kier alpha value is -1.06. The molecule has 0 aromatic carbocycles. The van der Waals surface area contributed by atoms with Crippen LogP contribution in [0, 0.1) is 17.3 Å². The summed E-state index contributed by atoms with van der Waals surface area (Å²) in [5.41, 5.74) is 5.93. The van der Waals surface area contributed by atoms with Crippen molar-refractivity contribution in [2.75, 3.05) is 13.1 Å². The van der Waals surface area contributed by atoms with Crippen molar-refractivity contribution < 1.29 is 9.59 Å². The molecule has 124 valence electrons. The molecule has 3 fully saturated rings. The molecule has 1 aliphatic heterocycles. The molecule has 1 spiro atoms. The van der Waals surface area contributed by atoms with E-state index in [0.717, 1.165) is 38.8 Å². The van der Waals surface area contributed by atoms with Crippen molar-refractivity contribution >= 4 is 11.8 Å². The Kier molecular flexibility index (Phi) is 4.74. The standard InChI is InChI=1S/C18H30N2O2/c19-16(21)14-4-6-15(7-5-14)17(22)20-12-10-18(11-13-20)8-2-1-3-9-18/h14-15H,1-13H2,(H2,19,21). The molecule has 1 heterocycles. The number of nitrogens with zero attached hydrogens (tertiary/aromatic N) is 1. The van der Waals surface area contributed by atoms with Crippen LogP contribution in [0.3, 0.4) is 0 Å². The second-order valence-electron chi connectivity index (χ2n) is 7.84. The maximum Gasteiger partial charge on any atom is 0.225 e. The third-order valence-electron chi connectivity index (χ3n) is 6.53. The molecular weight excluding hydrogens is 276 g/mol. The Morgan fingerprint density at radius 3 is 1.91 bits per heavy atom. The van der Waals surface area contributed by atoms with Gasteiger partial charge in [-0.1, -0.05) is 19.3 Å². The SMILES string of the molecule is NC(=O)C1CCC(C(=O)N2CCC3(CCCCC3)CC2)CC1. The van der Waals surface area contributed by atoms with Gasteiger partial charge in [0.25, 0.3) is 0 Å². The lowest BCUT2D eigenvalue weighted by molar-refractivity contribution is -0.140. The molecule has 2 N–H and O–H groups in total. The number of nitrogens with two attached hydrogens (primary N) is 1. The summed E-state index contributed by atoms with van der Waals surface area (Å²) >= 11 is 0. The van der Waals surface area contributed by atoms with Crippen LogP contribution in [-0.4, -0.2) is 29.8 Å². The zero-order chi connectivity index (χ0) is 15.6. The average molecular weight is 306 g/mol. The Morgan fingerprint density at radius 1 is 0.818 bits per heavy atom. The van der Waals surface area contributed by atoms with E-state index in [9.17, 15) is 9.59 Å². The number of carbonyl (C=O) groups excluding carboxylic acids is 2. The zero-order valence-corrected chi connectivity index (χ0v) is 13.7. The van der Waals surface area contributed by atoms with Gasteiger partial charge in [-0.25, -0.2) is 0 Å². The van der Waals surface area contributed by atoms with E-state index in [1.807, 2.05) is 0 Å². The number of primary amides is 1. The van der Waals surface area contributed by atoms with E-state index in [-0.39, 0.29) is 17.7 Å². The van der Waals surface area contributed by atoms with Gasteiger partial charge in [0.15, 0.2) is 0 Å². The van der Waals surface area contributed by atoms with E-state index in [0.29, 0.717) is 11.3 Å². The second kappa shape index (κ2) is 6.59. The van der Waals surface area contributed by atoms with E-state index in [1.165, 1.54) is 44.9 Å². The molecule has 0 bridgehead atoms. The zero-order valence-electron chi connectivity index (χ0n) is 13.7. The number of piperidine rings is 1. The van der Waals surface area contributed by atoms with Gasteiger partial charge in [0.2, 0.25) is 11.8 Å². The molecule has 22 heavy (non-hydrogen) atoms. The first kappa shape index (κ1) is 15.8. The number of hydrogen-bond acceptors (Lipinski definition) is 2. The normalized spacial score (nSPS) is 31.9. The first-order valence-electron chi connectivity index (χ1n) is 9.18. The highest BCUT2D eigenvalue weighted by Crippen LogP contribution is 2.45. The monoisotopic (exact) mass is 306 g/mol. The minimum Gasteiger partial charge on any atom is -0.369 e. The third kappa shape index (κ3) is 3.31. The van der Waals surface area contributed by atoms with Crippen molar-refractivity contribution in [1.29, 1.82) is 0 Å². The van der Waals surface area contributed by atoms with Gasteiger partial charge in [0.05, 0.1) is 0 Å². The highest BCUT2D eigenvalue weighted by molar-refractivity contribution is 5.80. The maximum atomic E-state index is 12.7. The molecule has 2 amide bonds. The van der Waals surface area contributed by atoms with Crippen LogP contribution < -0.4 is 5.73 Å². The van der Waals surface area contributed by atoms with E-state index in [2.05, 4.69) is 4.90 Å². The van der Waals surface area contributed by atoms with Crippen LogP contribution in [0.5, 0.6) is 0 Å². The molecule has 0 aromatic heterocycles. The topological polar surface area (TPSA) is 63.4 Å². The van der Waals surface area contributed by atoms with Crippen LogP contribution in [0.25, 0.3) is 0 Å². The van der Waals surface area contributed by atoms with Gasteiger partial charge in [-0.05, 0) is 56.8 Å². The Morgan fingerprint density at radius 2 is 1.36 bits per heavy atom. The lowest BCUT2D eigenvalue weighted by atomic mass is 9.68. The fourth-order valence-corrected chi connectivity index (χ4v) is 4.89. The van der Waals surface area contributed by atoms with Crippen LogP contribution >= 0.6 is 0 Å². The molecule has 2 saturated carbocycles. The average Bonchev–Trinajstić information content (AvgIpc) is 2.56. The van der Waals surface area contributed by atoms with Crippen LogP contribution in [0.1, 0.15) is 70.6 Å². The van der Waals surface area contributed by atoms with Gasteiger partial charge < -0.3 is 10.6 Å². The summed E-state index contributed by atoms with van der Waals surface area (Å²) in [6.07, 6.45) is 12.6. The Bertz CT molecular complexity index is 411. The van der Waals surface area contributed by atoms with Crippen LogP contribution in [-0.2, 0) is 9.59 Å². The molecular formula is C18H30N2O2. The van der Waals surface area contributed by atoms with Crippen LogP contribution in [0.2, 0.25) is 0 Å². The van der Waals surface area contributed by atoms with Gasteiger partial charge in [-0.15, -0.1) is 0 Å². The van der Waals surface area contributed by atoms with Crippen molar-refractivity contribution in [3.8, 4) is 0 Å². The van der Waals surface area contributed by atoms with E-state index in [1.54, 1.807) is 0 Å². The van der Waals surface area contributed by atoms with Crippen LogP contribution in [0.15, 0.2) is 0 Å². The first-order valence-corrected chi connectivity index (χ1v) is 9.18. The number of likely N-dealkylation sites (tertiary alicyclic amines) is 1. The van der Waals surface area contributed by atoms with E-state index in [4.69, 9.17) is 5.73 Å². The quantitative estimate of drug-likeness (QED) is 0.852. The molecule has 3 rings (SSSR count). The van der Waals surface area contributed by atoms with Crippen molar-refractivity contribution in [3.05, 3.63) is 0 Å². The van der Waals surface area contributed by atoms with Gasteiger partial charge in [0.1, 0.15) is 0 Å². The predicted molar refractivity (Wildman–Crippen MR) is 86.0 cm³/mol. The van der Waals surface area contributed by atoms with Gasteiger partial charge in [-0.2, -0.15) is 0 Å². The van der Waals surface area contributed by atoms with E-state index < -0.39 is 0 Å². The fraction of sp³-hybridized carbons (Fsp3) is 0.889. The van der Waals surface area contributed by atoms with E-state index >= 15 is 0 Å². The minimum absolute atomic E-state index is 0.00378. The predicted octanol–water partition coefficient (Wildman–Crippen LogP) is 2.85. The third-order valence-corrected chi connectivity index (χ3v) is 6.53. The Labute approximate surface area is 133 Å². The highest BCUT2D eigenvalue weighted by Gasteiger charge is 2.38. The molecule has 0 atom stereocenters. The van der Waals surface area contributed by atoms with Gasteiger partial charge in [0, 0.05) is 24.9 Å². The molecule has 0 unspecified atom stereocenters. The van der Waals surface area contributed by atoms with Crippen molar-refractivity contribution in [2.45, 2.75) is 70.6 Å². The summed E-state index contributed by atoms with van der Waals surface area (Å²) < 4.78 is 0. The largest absolute Gasteiger partial charge is 0.369 e. The molecule has 4 nitrogen and oxygen atoms in total. The molecule has 3 aliphatic rings. The molecule has 2 aliphatic carbocycles. The summed E-state index contributed by atoms with van der Waals surface area (Å²) in [7, 11) is 0. The summed E-state index contributed by atoms with van der Waals surface area (Å²) in [5, 5.41) is 0. The van der Waals surface area contributed by atoms with Crippen LogP contribution in [0.4, 0.5) is 0 Å². The number of rotatable bonds is 2. The number of carbonyl (C=O) groups is 2. The smallest absolute Gasteiger partial charge is 0.225 e. The molecule has 0 radical (unpaired) electrons. The van der Waals surface area contributed by atoms with Crippen molar-refractivity contribution in [2.24, 2.45) is 23.0 Å². The van der Waals surface area contributed by atoms with Gasteiger partial charge in [-0.3, -0.25) is 9.59 Å². The summed E-state index contributed by atoms with van der Waals surface area (Å²) in [6, 6.07) is 0. The van der Waals surface area contributed by atoms with Crippen molar-refractivity contribution in [1.82, 2.24) is 4.90 Å². The molecule has 1 saturated heterocycles. The second-order valence-corrected chi connectivity index (χ2v) is 7.84. The Balaban J connectivity index is 1.49. The first-order chi connectivity index (χ1) is 10.6. The lowest BCUT2D eigenvalue weighted by Gasteiger charge is -2.45. The maximum absolute atomic E-state index is 12.7. The van der Waals surface area contributed by atoms with Gasteiger partial charge >= 0.3 is 0 Å². The fourth-order valence-electron chi connectivity index (χ4n) is 4.89. The number of amides is 2. The highest BCUT2D eigenvalue weighted by atomic mass is 16.2. The van der Waals surface area contributed by atoms with Crippen molar-refractivity contribution in [3.63, 3.8) is 0 Å². The molecule has 0 aromatic rings. The molecule has 4 heteroatoms. The lowest BCUT2D eigenvalue weighted by Crippen LogP contribution is -2.46. The minimum atomic E-state index is -0.192. The number of hydrogen-bond donors (Lipinski definition) is 1. The summed E-state index contributed by atoms with van der Waals surface area (Å²) in [4.78, 5) is 26.0. The summed E-state index contributed by atoms with van der Waals surface area (Å²) in [5.74, 6) is 0.281.